The molecular formula is C22H30N6O. The second-order valence-electron chi connectivity index (χ2n) is 6.82. The highest BCUT2D eigenvalue weighted by molar-refractivity contribution is 5.79. The van der Waals surface area contributed by atoms with Crippen molar-refractivity contribution in [2.24, 2.45) is 4.99 Å². The second-order valence-corrected chi connectivity index (χ2v) is 6.82. The Balaban J connectivity index is 1.55. The van der Waals surface area contributed by atoms with Crippen LogP contribution in [0.1, 0.15) is 31.7 Å². The molecule has 0 amide bonds. The van der Waals surface area contributed by atoms with Gasteiger partial charge in [-0.25, -0.2) is 0 Å². The van der Waals surface area contributed by atoms with Gasteiger partial charge in [-0.3, -0.25) is 9.39 Å². The van der Waals surface area contributed by atoms with Crippen molar-refractivity contribution in [1.29, 1.82) is 0 Å². The molecule has 7 heteroatoms. The number of pyridine rings is 1. The van der Waals surface area contributed by atoms with Gasteiger partial charge in [0.2, 0.25) is 0 Å². The van der Waals surface area contributed by atoms with E-state index in [9.17, 15) is 0 Å². The summed E-state index contributed by atoms with van der Waals surface area (Å²) >= 11 is 0. The number of guanidine groups is 1. The van der Waals surface area contributed by atoms with E-state index in [4.69, 9.17) is 9.73 Å². The highest BCUT2D eigenvalue weighted by Crippen LogP contribution is 2.13. The molecule has 0 atom stereocenters. The van der Waals surface area contributed by atoms with Crippen molar-refractivity contribution in [1.82, 2.24) is 24.8 Å². The molecule has 0 radical (unpaired) electrons. The third-order valence-electron chi connectivity index (χ3n) is 4.55. The number of ether oxygens (including phenoxy) is 1. The van der Waals surface area contributed by atoms with Gasteiger partial charge >= 0.3 is 0 Å². The lowest BCUT2D eigenvalue weighted by atomic mass is 10.2. The zero-order valence-corrected chi connectivity index (χ0v) is 17.5. The molecule has 0 aliphatic rings. The third-order valence-corrected chi connectivity index (χ3v) is 4.55. The first-order valence-electron chi connectivity index (χ1n) is 10.2. The fourth-order valence-electron chi connectivity index (χ4n) is 3.16. The van der Waals surface area contributed by atoms with E-state index >= 15 is 0 Å². The van der Waals surface area contributed by atoms with Crippen LogP contribution in [0, 0.1) is 0 Å². The van der Waals surface area contributed by atoms with Gasteiger partial charge in [0.25, 0.3) is 0 Å². The minimum Gasteiger partial charge on any atom is -0.494 e. The van der Waals surface area contributed by atoms with Crippen molar-refractivity contribution in [3.8, 4) is 5.75 Å². The first kappa shape index (κ1) is 20.6. The van der Waals surface area contributed by atoms with Crippen LogP contribution in [-0.2, 0) is 13.0 Å². The maximum Gasteiger partial charge on any atom is 0.193 e. The van der Waals surface area contributed by atoms with Crippen LogP contribution in [0.15, 0.2) is 53.7 Å². The van der Waals surface area contributed by atoms with Crippen LogP contribution in [0.25, 0.3) is 5.65 Å². The van der Waals surface area contributed by atoms with E-state index in [1.54, 1.807) is 0 Å². The summed E-state index contributed by atoms with van der Waals surface area (Å²) in [7, 11) is 2.06. The SMILES string of the molecule is CCNC(=NCCCc1nnc2ccccn12)N(C)Cc1ccc(OCC)cc1. The number of nitrogens with zero attached hydrogens (tertiary/aromatic N) is 5. The summed E-state index contributed by atoms with van der Waals surface area (Å²) < 4.78 is 7.55. The summed E-state index contributed by atoms with van der Waals surface area (Å²) in [5, 5.41) is 11.9. The molecule has 29 heavy (non-hydrogen) atoms. The Morgan fingerprint density at radius 2 is 1.97 bits per heavy atom. The Morgan fingerprint density at radius 1 is 1.14 bits per heavy atom. The van der Waals surface area contributed by atoms with E-state index in [-0.39, 0.29) is 0 Å². The number of hydrogen-bond donors (Lipinski definition) is 1. The first-order chi connectivity index (χ1) is 14.2. The van der Waals surface area contributed by atoms with Crippen LogP contribution in [0.2, 0.25) is 0 Å². The highest BCUT2D eigenvalue weighted by atomic mass is 16.5. The van der Waals surface area contributed by atoms with Crippen LogP contribution < -0.4 is 10.1 Å². The largest absolute Gasteiger partial charge is 0.494 e. The number of aromatic nitrogens is 3. The van der Waals surface area contributed by atoms with Gasteiger partial charge in [0.15, 0.2) is 11.6 Å². The third kappa shape index (κ3) is 5.70. The fourth-order valence-corrected chi connectivity index (χ4v) is 3.16. The molecule has 0 bridgehead atoms. The molecule has 154 valence electrons. The molecular weight excluding hydrogens is 364 g/mol. The minimum absolute atomic E-state index is 0.682. The van der Waals surface area contributed by atoms with Gasteiger partial charge in [-0.1, -0.05) is 18.2 Å². The number of benzene rings is 1. The van der Waals surface area contributed by atoms with Crippen molar-refractivity contribution >= 4 is 11.6 Å². The number of nitrogens with one attached hydrogen (secondary N) is 1. The van der Waals surface area contributed by atoms with Crippen molar-refractivity contribution in [2.75, 3.05) is 26.7 Å². The number of rotatable bonds is 9. The van der Waals surface area contributed by atoms with Crippen LogP contribution in [0.3, 0.4) is 0 Å². The van der Waals surface area contributed by atoms with Gasteiger partial charge in [-0.15, -0.1) is 10.2 Å². The molecule has 0 saturated heterocycles. The summed E-state index contributed by atoms with van der Waals surface area (Å²) in [6.07, 6.45) is 3.76. The number of hydrogen-bond acceptors (Lipinski definition) is 4. The van der Waals surface area contributed by atoms with Gasteiger partial charge in [-0.2, -0.15) is 0 Å². The predicted molar refractivity (Wildman–Crippen MR) is 116 cm³/mol. The molecule has 1 N–H and O–H groups in total. The average molecular weight is 395 g/mol. The lowest BCUT2D eigenvalue weighted by Gasteiger charge is -2.22. The van der Waals surface area contributed by atoms with E-state index in [1.807, 2.05) is 47.9 Å². The molecule has 3 rings (SSSR count). The Bertz CT molecular complexity index is 918. The van der Waals surface area contributed by atoms with Gasteiger partial charge < -0.3 is 15.0 Å². The smallest absolute Gasteiger partial charge is 0.193 e. The standard InChI is InChI=1S/C22H30N6O/c1-4-23-22(27(3)17-18-11-13-19(14-12-18)29-5-2)24-15-8-10-21-26-25-20-9-6-7-16-28(20)21/h6-7,9,11-14,16H,4-5,8,10,15,17H2,1-3H3,(H,23,24). The fraction of sp³-hybridized carbons (Fsp3) is 0.409. The molecule has 0 fully saturated rings. The monoisotopic (exact) mass is 394 g/mol. The molecule has 2 heterocycles. The quantitative estimate of drug-likeness (QED) is 0.343. The molecule has 2 aromatic heterocycles. The van der Waals surface area contributed by atoms with Crippen molar-refractivity contribution < 1.29 is 4.74 Å². The number of aliphatic imine (C=N–C) groups is 1. The topological polar surface area (TPSA) is 67.0 Å². The average Bonchev–Trinajstić information content (AvgIpc) is 3.15. The molecule has 0 spiro atoms. The Labute approximate surface area is 172 Å². The van der Waals surface area contributed by atoms with Crippen molar-refractivity contribution in [3.63, 3.8) is 0 Å². The Morgan fingerprint density at radius 3 is 2.72 bits per heavy atom. The van der Waals surface area contributed by atoms with Crippen molar-refractivity contribution in [2.45, 2.75) is 33.2 Å². The molecule has 7 nitrogen and oxygen atoms in total. The Hall–Kier alpha value is -3.09. The van der Waals surface area contributed by atoms with Crippen LogP contribution in [0.5, 0.6) is 5.75 Å². The van der Waals surface area contributed by atoms with Gasteiger partial charge in [0.05, 0.1) is 6.61 Å². The molecule has 0 saturated carbocycles. The second kappa shape index (κ2) is 10.5. The summed E-state index contributed by atoms with van der Waals surface area (Å²) in [4.78, 5) is 6.93. The predicted octanol–water partition coefficient (Wildman–Crippen LogP) is 3.16. The lowest BCUT2D eigenvalue weighted by Crippen LogP contribution is -2.38. The zero-order chi connectivity index (χ0) is 20.5. The minimum atomic E-state index is 0.682. The normalized spacial score (nSPS) is 11.6. The number of aryl methyl sites for hydroxylation is 1. The first-order valence-corrected chi connectivity index (χ1v) is 10.2. The van der Waals surface area contributed by atoms with E-state index in [0.717, 1.165) is 55.7 Å². The van der Waals surface area contributed by atoms with Gasteiger partial charge in [0, 0.05) is 39.3 Å². The lowest BCUT2D eigenvalue weighted by molar-refractivity contribution is 0.340. The highest BCUT2D eigenvalue weighted by Gasteiger charge is 2.08. The van der Waals surface area contributed by atoms with Crippen LogP contribution in [-0.4, -0.2) is 52.2 Å². The van der Waals surface area contributed by atoms with Gasteiger partial charge in [-0.05, 0) is 50.1 Å². The maximum absolute atomic E-state index is 5.51. The van der Waals surface area contributed by atoms with E-state index < -0.39 is 0 Å². The summed E-state index contributed by atoms with van der Waals surface area (Å²) in [5.41, 5.74) is 2.10. The molecule has 0 unspecified atom stereocenters. The molecule has 0 aliphatic heterocycles. The summed E-state index contributed by atoms with van der Waals surface area (Å²) in [5.74, 6) is 2.79. The van der Waals surface area contributed by atoms with Gasteiger partial charge in [0.1, 0.15) is 11.6 Å². The summed E-state index contributed by atoms with van der Waals surface area (Å²) in [6.45, 7) is 7.11. The van der Waals surface area contributed by atoms with Crippen molar-refractivity contribution in [3.05, 3.63) is 60.0 Å². The van der Waals surface area contributed by atoms with Crippen LogP contribution >= 0.6 is 0 Å². The van der Waals surface area contributed by atoms with Crippen LogP contribution in [0.4, 0.5) is 0 Å². The Kier molecular flexibility index (Phi) is 7.44. The summed E-state index contributed by atoms with van der Waals surface area (Å²) in [6, 6.07) is 14.2. The number of fused-ring (bicyclic) bond motifs is 1. The molecule has 3 aromatic rings. The molecule has 0 aliphatic carbocycles. The zero-order valence-electron chi connectivity index (χ0n) is 17.5. The molecule has 1 aromatic carbocycles. The maximum atomic E-state index is 5.51. The van der Waals surface area contributed by atoms with E-state index in [0.29, 0.717) is 6.61 Å². The van der Waals surface area contributed by atoms with E-state index in [1.165, 1.54) is 5.56 Å². The van der Waals surface area contributed by atoms with E-state index in [2.05, 4.69) is 46.5 Å².